The van der Waals surface area contributed by atoms with E-state index in [2.05, 4.69) is 21.1 Å². The molecule has 2 aliphatic rings. The second-order valence-electron chi connectivity index (χ2n) is 13.3. The molecular weight excluding hydrogens is 927 g/mol. The number of hydrogen-bond acceptors (Lipinski definition) is 16. The number of ether oxygens (including phenoxy) is 2. The van der Waals surface area contributed by atoms with Crippen molar-refractivity contribution in [2.45, 2.75) is 23.6 Å². The summed E-state index contributed by atoms with van der Waals surface area (Å²) < 4.78 is 57.9. The van der Waals surface area contributed by atoms with Crippen molar-refractivity contribution in [1.82, 2.24) is 0 Å². The maximum Gasteiger partial charge on any atom is 1.00 e. The maximum absolute atomic E-state index is 12.5. The number of nitrogens with one attached hydrogen (secondary N) is 2. The summed E-state index contributed by atoms with van der Waals surface area (Å²) in [5, 5.41) is 28.4. The van der Waals surface area contributed by atoms with Gasteiger partial charge in [0.05, 0.1) is 46.9 Å². The molecule has 18 nitrogen and oxygen atoms in total. The number of anilines is 4. The fourth-order valence-electron chi connectivity index (χ4n) is 5.84. The Hall–Kier alpha value is -5.81. The Kier molecular flexibility index (Phi) is 18.2. The summed E-state index contributed by atoms with van der Waals surface area (Å²) in [7, 11) is -1.40. The zero-order chi connectivity index (χ0) is 45.5. The number of sulfone groups is 2. The molecular formula is C42H42CoN6NaO12S2+. The van der Waals surface area contributed by atoms with E-state index in [9.17, 15) is 46.2 Å². The van der Waals surface area contributed by atoms with Crippen molar-refractivity contribution in [3.8, 4) is 11.5 Å². The smallest absolute Gasteiger partial charge is 0.506 e. The van der Waals surface area contributed by atoms with Crippen molar-refractivity contribution >= 4 is 89.8 Å². The maximum atomic E-state index is 12.5. The Labute approximate surface area is 402 Å². The molecule has 0 heterocycles. The van der Waals surface area contributed by atoms with Crippen LogP contribution in [0.25, 0.3) is 12.2 Å². The van der Waals surface area contributed by atoms with Gasteiger partial charge in [0, 0.05) is 53.4 Å². The molecule has 0 fully saturated rings. The first-order valence-electron chi connectivity index (χ1n) is 18.5. The van der Waals surface area contributed by atoms with Gasteiger partial charge in [-0.25, -0.2) is 26.4 Å². The van der Waals surface area contributed by atoms with E-state index >= 15 is 0 Å². The van der Waals surface area contributed by atoms with Crippen LogP contribution < -0.4 is 50.2 Å². The normalized spacial score (nSPS) is 13.8. The van der Waals surface area contributed by atoms with Crippen molar-refractivity contribution in [2.24, 2.45) is 10.2 Å². The summed E-state index contributed by atoms with van der Waals surface area (Å²) in [5.41, 5.74) is 8.63. The van der Waals surface area contributed by atoms with Gasteiger partial charge < -0.3 is 19.7 Å². The Morgan fingerprint density at radius 1 is 0.609 bits per heavy atom. The molecule has 4 N–H and O–H groups in total. The van der Waals surface area contributed by atoms with Gasteiger partial charge in [-0.15, -0.1) is 0 Å². The number of aromatic hydroxyl groups is 2. The minimum Gasteiger partial charge on any atom is -0.506 e. The Morgan fingerprint density at radius 3 is 1.30 bits per heavy atom. The summed E-state index contributed by atoms with van der Waals surface area (Å²) in [6.07, 6.45) is 4.81. The zero-order valence-corrected chi connectivity index (χ0v) is 40.2. The number of ketones is 2. The van der Waals surface area contributed by atoms with Crippen molar-refractivity contribution in [2.75, 3.05) is 60.5 Å². The largest absolute Gasteiger partial charge is 1.00 e. The molecule has 4 aromatic rings. The van der Waals surface area contributed by atoms with Crippen molar-refractivity contribution in [3.05, 3.63) is 107 Å². The average molecular weight is 969 g/mol. The fraction of sp³-hybridized carbons (Fsp3) is 0.190. The van der Waals surface area contributed by atoms with E-state index in [1.807, 2.05) is 0 Å². The van der Waals surface area contributed by atoms with Gasteiger partial charge >= 0.3 is 41.7 Å². The number of phenols is 2. The number of rotatable bonds is 10. The van der Waals surface area contributed by atoms with Crippen LogP contribution in [-0.2, 0) is 55.5 Å². The summed E-state index contributed by atoms with van der Waals surface area (Å²) in [5.74, 6) is -1.43. The van der Waals surface area contributed by atoms with E-state index in [0.717, 1.165) is 0 Å². The molecule has 64 heavy (non-hydrogen) atoms. The summed E-state index contributed by atoms with van der Waals surface area (Å²) in [6.45, 7) is 3.03. The van der Waals surface area contributed by atoms with Gasteiger partial charge in [0.1, 0.15) is 22.9 Å². The average Bonchev–Trinajstić information content (AvgIpc) is 3.27. The van der Waals surface area contributed by atoms with Gasteiger partial charge in [0.15, 0.2) is 19.7 Å². The molecule has 0 unspecified atom stereocenters. The van der Waals surface area contributed by atoms with E-state index < -0.39 is 43.4 Å². The van der Waals surface area contributed by atoms with E-state index in [4.69, 9.17) is 9.47 Å². The number of methoxy groups -OCH3 is 2. The van der Waals surface area contributed by atoms with E-state index in [0.29, 0.717) is 33.6 Å². The van der Waals surface area contributed by atoms with E-state index in [1.54, 1.807) is 48.6 Å². The molecule has 0 aliphatic heterocycles. The van der Waals surface area contributed by atoms with Gasteiger partial charge in [0.2, 0.25) is 11.6 Å². The second-order valence-corrected chi connectivity index (χ2v) is 17.9. The van der Waals surface area contributed by atoms with Crippen LogP contribution in [0, 0.1) is 0 Å². The summed E-state index contributed by atoms with van der Waals surface area (Å²) >= 11 is 0. The van der Waals surface area contributed by atoms with Crippen LogP contribution >= 0.6 is 0 Å². The molecule has 4 aromatic carbocycles. The van der Waals surface area contributed by atoms with Gasteiger partial charge in [-0.3, -0.25) is 30.2 Å². The van der Waals surface area contributed by atoms with Crippen molar-refractivity contribution in [3.63, 3.8) is 0 Å². The van der Waals surface area contributed by atoms with E-state index in [-0.39, 0.29) is 102 Å². The standard InChI is InChI=1S/2C21H21N3O6S.Co.Na/c2*1-4-31(28,29)15-8-10-18(25)17(12-15)22-23-20-16-11-14(24(2)21(27)30-3)7-5-13(16)6-9-19(20)26;;/h2*5-12,22,25H,4H2,1-3H3;;/q;;;+1/b2*23-20-;;. The SMILES string of the molecule is CCS(=O)(=O)c1ccc(O)c(N/N=C2\C(=O)C=Cc3ccc(N(C)C(=O)OC)cc32)c1.CCS(=O)(=O)c1ccc(O)c(N/N=C2\C(=O)C=Cc3ccc(N(C)C(=O)OC)cc32)c1.[Co].[Na+]. The molecule has 0 atom stereocenters. The summed E-state index contributed by atoms with van der Waals surface area (Å²) in [4.78, 5) is 51.2. The predicted octanol–water partition coefficient (Wildman–Crippen LogP) is 2.60. The number of phenolic OH excluding ortho intramolecular Hbond substituents is 2. The monoisotopic (exact) mass is 968 g/mol. The molecule has 2 aliphatic carbocycles. The minimum atomic E-state index is -3.49. The Morgan fingerprint density at radius 2 is 0.969 bits per heavy atom. The van der Waals surface area contributed by atoms with Gasteiger partial charge in [-0.1, -0.05) is 38.1 Å². The Bertz CT molecular complexity index is 2640. The first-order chi connectivity index (χ1) is 29.3. The first kappa shape index (κ1) is 52.5. The number of carbonyl (C=O) groups is 4. The third kappa shape index (κ3) is 11.8. The number of allylic oxidation sites excluding steroid dienone is 2. The Balaban J connectivity index is 0.000000330. The molecule has 333 valence electrons. The van der Waals surface area contributed by atoms with Crippen molar-refractivity contribution < 1.29 is 102 Å². The van der Waals surface area contributed by atoms with Gasteiger partial charge in [-0.05, 0) is 83.9 Å². The molecule has 1 radical (unpaired) electrons. The van der Waals surface area contributed by atoms with Crippen LogP contribution in [-0.4, -0.2) is 102 Å². The van der Waals surface area contributed by atoms with Gasteiger partial charge in [-0.2, -0.15) is 10.2 Å². The molecule has 0 saturated heterocycles. The number of amides is 2. The predicted molar refractivity (Wildman–Crippen MR) is 235 cm³/mol. The second kappa shape index (κ2) is 22.2. The molecule has 2 amide bonds. The van der Waals surface area contributed by atoms with Crippen LogP contribution in [0.2, 0.25) is 0 Å². The topological polar surface area (TPSA) is 251 Å². The van der Waals surface area contributed by atoms with Crippen LogP contribution in [0.3, 0.4) is 0 Å². The van der Waals surface area contributed by atoms with Crippen LogP contribution in [0.15, 0.2) is 105 Å². The summed E-state index contributed by atoms with van der Waals surface area (Å²) in [6, 6.07) is 17.7. The molecule has 22 heteroatoms. The number of hydrazone groups is 2. The third-order valence-electron chi connectivity index (χ3n) is 9.54. The first-order valence-corrected chi connectivity index (χ1v) is 21.8. The third-order valence-corrected chi connectivity index (χ3v) is 13.0. The molecule has 0 aromatic heterocycles. The van der Waals surface area contributed by atoms with Crippen LogP contribution in [0.4, 0.5) is 32.3 Å². The van der Waals surface area contributed by atoms with E-state index in [1.165, 1.54) is 101 Å². The number of benzene rings is 4. The van der Waals surface area contributed by atoms with Gasteiger partial charge in [0.25, 0.3) is 0 Å². The number of fused-ring (bicyclic) bond motifs is 2. The number of hydrogen-bond donors (Lipinski definition) is 4. The van der Waals surface area contributed by atoms with Crippen molar-refractivity contribution in [1.29, 1.82) is 0 Å². The quantitative estimate of drug-likeness (QED) is 0.101. The molecule has 0 bridgehead atoms. The molecule has 0 saturated carbocycles. The molecule has 6 rings (SSSR count). The van der Waals surface area contributed by atoms with Crippen LogP contribution in [0.1, 0.15) is 36.1 Å². The number of nitrogens with zero attached hydrogens (tertiary/aromatic N) is 4. The van der Waals surface area contributed by atoms with Crippen LogP contribution in [0.5, 0.6) is 11.5 Å². The number of carbonyl (C=O) groups excluding carboxylic acids is 4. The zero-order valence-electron chi connectivity index (χ0n) is 35.6. The molecule has 0 spiro atoms. The fourth-order valence-corrected chi connectivity index (χ4v) is 7.65. The minimum absolute atomic E-state index is 0.